The van der Waals surface area contributed by atoms with Gasteiger partial charge in [0.2, 0.25) is 5.91 Å². The minimum atomic E-state index is -0.463. The maximum atomic E-state index is 12.2. The molecule has 5 heteroatoms. The zero-order valence-electron chi connectivity index (χ0n) is 14.9. The van der Waals surface area contributed by atoms with Gasteiger partial charge in [-0.3, -0.25) is 4.79 Å². The van der Waals surface area contributed by atoms with Crippen molar-refractivity contribution in [3.05, 3.63) is 0 Å². The fourth-order valence-corrected chi connectivity index (χ4v) is 2.90. The molecule has 1 heterocycles. The summed E-state index contributed by atoms with van der Waals surface area (Å²) in [4.78, 5) is 28.2. The standard InChI is InChI=1S/C17H32N2O3/c1-6-9-15(20)19(7-2)14-10-8-12-18(13-11-14)16(21)22-17(3,4)5/h14H,6-13H2,1-5H3/t14-/m0/s1. The molecular weight excluding hydrogens is 280 g/mol. The minimum absolute atomic E-state index is 0.237. The van der Waals surface area contributed by atoms with Crippen LogP contribution in [0.15, 0.2) is 0 Å². The van der Waals surface area contributed by atoms with E-state index in [1.165, 1.54) is 0 Å². The predicted octanol–water partition coefficient (Wildman–Crippen LogP) is 3.42. The molecule has 1 aliphatic heterocycles. The second-order valence-electron chi connectivity index (χ2n) is 6.98. The normalized spacial score (nSPS) is 19.5. The summed E-state index contributed by atoms with van der Waals surface area (Å²) in [6.45, 7) is 11.8. The molecule has 1 rings (SSSR count). The average Bonchev–Trinajstić information content (AvgIpc) is 2.64. The molecule has 0 saturated carbocycles. The second kappa shape index (κ2) is 8.39. The molecule has 0 aromatic heterocycles. The number of hydrogen-bond donors (Lipinski definition) is 0. The van der Waals surface area contributed by atoms with E-state index in [4.69, 9.17) is 4.74 Å². The Hall–Kier alpha value is -1.26. The highest BCUT2D eigenvalue weighted by molar-refractivity contribution is 5.76. The van der Waals surface area contributed by atoms with Crippen molar-refractivity contribution in [2.75, 3.05) is 19.6 Å². The Balaban J connectivity index is 2.61. The SMILES string of the molecule is CCCC(=O)N(CC)[C@H]1CCCN(C(=O)OC(C)(C)C)CC1. The smallest absolute Gasteiger partial charge is 0.410 e. The number of ether oxygens (including phenoxy) is 1. The van der Waals surface area contributed by atoms with Gasteiger partial charge in [0, 0.05) is 32.1 Å². The Bertz CT molecular complexity index is 377. The lowest BCUT2D eigenvalue weighted by Crippen LogP contribution is -2.41. The second-order valence-corrected chi connectivity index (χ2v) is 6.98. The van der Waals surface area contributed by atoms with Crippen LogP contribution in [0, 0.1) is 0 Å². The number of likely N-dealkylation sites (tertiary alicyclic amines) is 1. The van der Waals surface area contributed by atoms with Crippen LogP contribution in [0.3, 0.4) is 0 Å². The molecule has 128 valence electrons. The van der Waals surface area contributed by atoms with Crippen molar-refractivity contribution in [3.63, 3.8) is 0 Å². The molecule has 1 atom stereocenters. The Kier molecular flexibility index (Phi) is 7.17. The van der Waals surface area contributed by atoms with Crippen LogP contribution in [0.5, 0.6) is 0 Å². The highest BCUT2D eigenvalue weighted by Crippen LogP contribution is 2.20. The number of amides is 2. The molecule has 0 aromatic carbocycles. The van der Waals surface area contributed by atoms with Gasteiger partial charge < -0.3 is 14.5 Å². The molecule has 0 unspecified atom stereocenters. The van der Waals surface area contributed by atoms with Gasteiger partial charge in [-0.25, -0.2) is 4.79 Å². The molecule has 0 aliphatic carbocycles. The number of carbonyl (C=O) groups excluding carboxylic acids is 2. The minimum Gasteiger partial charge on any atom is -0.444 e. The molecule has 0 N–H and O–H groups in total. The summed E-state index contributed by atoms with van der Waals surface area (Å²) in [5.41, 5.74) is -0.463. The molecule has 0 radical (unpaired) electrons. The van der Waals surface area contributed by atoms with Crippen molar-refractivity contribution in [2.24, 2.45) is 0 Å². The van der Waals surface area contributed by atoms with Crippen LogP contribution in [0.1, 0.15) is 66.7 Å². The molecule has 22 heavy (non-hydrogen) atoms. The molecule has 1 saturated heterocycles. The van der Waals surface area contributed by atoms with Gasteiger partial charge in [-0.1, -0.05) is 6.92 Å². The number of hydrogen-bond acceptors (Lipinski definition) is 3. The van der Waals surface area contributed by atoms with E-state index in [9.17, 15) is 9.59 Å². The Morgan fingerprint density at radius 3 is 2.41 bits per heavy atom. The third-order valence-electron chi connectivity index (χ3n) is 3.91. The van der Waals surface area contributed by atoms with Gasteiger partial charge in [0.15, 0.2) is 0 Å². The summed E-state index contributed by atoms with van der Waals surface area (Å²) >= 11 is 0. The largest absolute Gasteiger partial charge is 0.444 e. The highest BCUT2D eigenvalue weighted by Gasteiger charge is 2.28. The van der Waals surface area contributed by atoms with Gasteiger partial charge in [-0.05, 0) is 53.4 Å². The van der Waals surface area contributed by atoms with Crippen LogP contribution >= 0.6 is 0 Å². The van der Waals surface area contributed by atoms with Crippen LogP contribution < -0.4 is 0 Å². The van der Waals surface area contributed by atoms with Gasteiger partial charge in [-0.15, -0.1) is 0 Å². The van der Waals surface area contributed by atoms with E-state index in [0.29, 0.717) is 19.5 Å². The van der Waals surface area contributed by atoms with E-state index in [2.05, 4.69) is 0 Å². The number of nitrogens with zero attached hydrogens (tertiary/aromatic N) is 2. The van der Waals surface area contributed by atoms with E-state index in [-0.39, 0.29) is 18.0 Å². The monoisotopic (exact) mass is 312 g/mol. The Morgan fingerprint density at radius 1 is 1.18 bits per heavy atom. The van der Waals surface area contributed by atoms with Gasteiger partial charge in [0.1, 0.15) is 5.60 Å². The summed E-state index contributed by atoms with van der Waals surface area (Å²) < 4.78 is 5.45. The first kappa shape index (κ1) is 18.8. The van der Waals surface area contributed by atoms with E-state index in [1.54, 1.807) is 4.90 Å². The van der Waals surface area contributed by atoms with Crippen LogP contribution in [0.2, 0.25) is 0 Å². The maximum Gasteiger partial charge on any atom is 0.410 e. The molecule has 2 amide bonds. The maximum absolute atomic E-state index is 12.2. The summed E-state index contributed by atoms with van der Waals surface area (Å²) in [5.74, 6) is 0.237. The Morgan fingerprint density at radius 2 is 1.86 bits per heavy atom. The van der Waals surface area contributed by atoms with Crippen LogP contribution in [0.25, 0.3) is 0 Å². The van der Waals surface area contributed by atoms with E-state index in [1.807, 2.05) is 39.5 Å². The van der Waals surface area contributed by atoms with Crippen molar-refractivity contribution in [3.8, 4) is 0 Å². The first-order valence-corrected chi connectivity index (χ1v) is 8.55. The van der Waals surface area contributed by atoms with Gasteiger partial charge >= 0.3 is 6.09 Å². The van der Waals surface area contributed by atoms with Crippen LogP contribution in [-0.4, -0.2) is 53.1 Å². The van der Waals surface area contributed by atoms with Gasteiger partial charge in [0.05, 0.1) is 0 Å². The Labute approximate surface area is 135 Å². The molecule has 0 aromatic rings. The lowest BCUT2D eigenvalue weighted by molar-refractivity contribution is -0.133. The van der Waals surface area contributed by atoms with Crippen molar-refractivity contribution in [1.82, 2.24) is 9.80 Å². The fourth-order valence-electron chi connectivity index (χ4n) is 2.90. The predicted molar refractivity (Wildman–Crippen MR) is 87.7 cm³/mol. The number of rotatable bonds is 4. The quantitative estimate of drug-likeness (QED) is 0.799. The van der Waals surface area contributed by atoms with E-state index < -0.39 is 5.60 Å². The fraction of sp³-hybridized carbons (Fsp3) is 0.882. The summed E-state index contributed by atoms with van der Waals surface area (Å²) in [6, 6.07) is 0.247. The zero-order chi connectivity index (χ0) is 16.8. The van der Waals surface area contributed by atoms with Gasteiger partial charge in [-0.2, -0.15) is 0 Å². The third kappa shape index (κ3) is 5.85. The lowest BCUT2D eigenvalue weighted by Gasteiger charge is -2.30. The average molecular weight is 312 g/mol. The first-order valence-electron chi connectivity index (χ1n) is 8.55. The molecule has 5 nitrogen and oxygen atoms in total. The topological polar surface area (TPSA) is 49.9 Å². The van der Waals surface area contributed by atoms with E-state index >= 15 is 0 Å². The van der Waals surface area contributed by atoms with Crippen LogP contribution in [0.4, 0.5) is 4.79 Å². The van der Waals surface area contributed by atoms with E-state index in [0.717, 1.165) is 32.2 Å². The third-order valence-corrected chi connectivity index (χ3v) is 3.91. The summed E-state index contributed by atoms with van der Waals surface area (Å²) in [6.07, 6.45) is 3.97. The van der Waals surface area contributed by atoms with Gasteiger partial charge in [0.25, 0.3) is 0 Å². The summed E-state index contributed by atoms with van der Waals surface area (Å²) in [7, 11) is 0. The summed E-state index contributed by atoms with van der Waals surface area (Å²) in [5, 5.41) is 0. The van der Waals surface area contributed by atoms with Crippen molar-refractivity contribution < 1.29 is 14.3 Å². The lowest BCUT2D eigenvalue weighted by atomic mass is 10.1. The molecule has 0 bridgehead atoms. The molecule has 1 aliphatic rings. The van der Waals surface area contributed by atoms with Crippen LogP contribution in [-0.2, 0) is 9.53 Å². The zero-order valence-corrected chi connectivity index (χ0v) is 14.9. The molecule has 1 fully saturated rings. The molecular formula is C17H32N2O3. The van der Waals surface area contributed by atoms with Crippen molar-refractivity contribution >= 4 is 12.0 Å². The van der Waals surface area contributed by atoms with Crippen molar-refractivity contribution in [2.45, 2.75) is 78.4 Å². The highest BCUT2D eigenvalue weighted by atomic mass is 16.6. The first-order chi connectivity index (χ1) is 10.3. The van der Waals surface area contributed by atoms with Crippen molar-refractivity contribution in [1.29, 1.82) is 0 Å². The molecule has 0 spiro atoms. The number of carbonyl (C=O) groups is 2.